The molecule has 1 atom stereocenters. The summed E-state index contributed by atoms with van der Waals surface area (Å²) in [5, 5.41) is 5.57. The maximum Gasteiger partial charge on any atom is 0.257 e. The standard InChI is InChI=1S/C22H22ClN3OS/c1-16-19(15-24-26(16)17-7-3-2-4-8-17)22(27)25-12-11-21(28-14-13-25)18-9-5-6-10-20(18)23/h2-10,15,21H,11-14H2,1H3. The largest absolute Gasteiger partial charge is 0.338 e. The first-order valence-electron chi connectivity index (χ1n) is 9.40. The number of thioether (sulfide) groups is 1. The van der Waals surface area contributed by atoms with E-state index in [1.54, 1.807) is 6.20 Å². The Kier molecular flexibility index (Phi) is 5.74. The van der Waals surface area contributed by atoms with Gasteiger partial charge in [0.05, 0.1) is 23.1 Å². The second-order valence-corrected chi connectivity index (χ2v) is 8.57. The number of aromatic nitrogens is 2. The summed E-state index contributed by atoms with van der Waals surface area (Å²) < 4.78 is 1.83. The Morgan fingerprint density at radius 3 is 2.64 bits per heavy atom. The van der Waals surface area contributed by atoms with Crippen molar-refractivity contribution in [2.75, 3.05) is 18.8 Å². The summed E-state index contributed by atoms with van der Waals surface area (Å²) in [4.78, 5) is 15.1. The second-order valence-electron chi connectivity index (χ2n) is 6.85. The molecule has 1 saturated heterocycles. The predicted molar refractivity (Wildman–Crippen MR) is 115 cm³/mol. The second kappa shape index (κ2) is 8.41. The number of carbonyl (C=O) groups is 1. The SMILES string of the molecule is Cc1c(C(=O)N2CCSC(c3ccccc3Cl)CC2)cnn1-c1ccccc1. The van der Waals surface area contributed by atoms with Crippen molar-refractivity contribution >= 4 is 29.3 Å². The van der Waals surface area contributed by atoms with Crippen LogP contribution >= 0.6 is 23.4 Å². The van der Waals surface area contributed by atoms with Crippen LogP contribution in [0.25, 0.3) is 5.69 Å². The van der Waals surface area contributed by atoms with E-state index in [9.17, 15) is 4.79 Å². The van der Waals surface area contributed by atoms with Crippen LogP contribution in [0.4, 0.5) is 0 Å². The summed E-state index contributed by atoms with van der Waals surface area (Å²) in [7, 11) is 0. The summed E-state index contributed by atoms with van der Waals surface area (Å²) in [6, 6.07) is 17.9. The van der Waals surface area contributed by atoms with Crippen molar-refractivity contribution in [2.45, 2.75) is 18.6 Å². The monoisotopic (exact) mass is 411 g/mol. The topological polar surface area (TPSA) is 38.1 Å². The number of hydrogen-bond donors (Lipinski definition) is 0. The van der Waals surface area contributed by atoms with Crippen LogP contribution in [0.15, 0.2) is 60.8 Å². The minimum Gasteiger partial charge on any atom is -0.338 e. The van der Waals surface area contributed by atoms with E-state index in [1.807, 2.05) is 76.8 Å². The summed E-state index contributed by atoms with van der Waals surface area (Å²) in [6.07, 6.45) is 2.58. The lowest BCUT2D eigenvalue weighted by Crippen LogP contribution is -2.33. The van der Waals surface area contributed by atoms with Crippen molar-refractivity contribution in [1.82, 2.24) is 14.7 Å². The average Bonchev–Trinajstić information content (AvgIpc) is 2.94. The average molecular weight is 412 g/mol. The molecule has 28 heavy (non-hydrogen) atoms. The molecule has 1 amide bonds. The Balaban J connectivity index is 1.50. The van der Waals surface area contributed by atoms with Gasteiger partial charge in [0, 0.05) is 29.1 Å². The number of halogens is 1. The molecule has 6 heteroatoms. The minimum absolute atomic E-state index is 0.0556. The molecular formula is C22H22ClN3OS. The van der Waals surface area contributed by atoms with Crippen molar-refractivity contribution in [3.05, 3.63) is 82.6 Å². The van der Waals surface area contributed by atoms with Gasteiger partial charge < -0.3 is 4.90 Å². The highest BCUT2D eigenvalue weighted by Crippen LogP contribution is 2.38. The smallest absolute Gasteiger partial charge is 0.257 e. The van der Waals surface area contributed by atoms with E-state index in [-0.39, 0.29) is 5.91 Å². The lowest BCUT2D eigenvalue weighted by Gasteiger charge is -2.20. The Hall–Kier alpha value is -2.24. The molecule has 0 N–H and O–H groups in total. The molecule has 3 aromatic rings. The molecule has 0 spiro atoms. The maximum absolute atomic E-state index is 13.2. The minimum atomic E-state index is 0.0556. The molecule has 0 bridgehead atoms. The molecule has 1 aromatic heterocycles. The molecule has 4 nitrogen and oxygen atoms in total. The summed E-state index contributed by atoms with van der Waals surface area (Å²) in [5.41, 5.74) is 3.67. The molecular weight excluding hydrogens is 390 g/mol. The summed E-state index contributed by atoms with van der Waals surface area (Å²) in [5.74, 6) is 0.952. The zero-order chi connectivity index (χ0) is 19.5. The first-order chi connectivity index (χ1) is 13.6. The zero-order valence-electron chi connectivity index (χ0n) is 15.7. The molecule has 2 heterocycles. The zero-order valence-corrected chi connectivity index (χ0v) is 17.3. The van der Waals surface area contributed by atoms with E-state index in [0.717, 1.165) is 47.2 Å². The van der Waals surface area contributed by atoms with Gasteiger partial charge in [-0.25, -0.2) is 4.68 Å². The number of benzene rings is 2. The van der Waals surface area contributed by atoms with Crippen LogP contribution in [-0.2, 0) is 0 Å². The molecule has 1 aliphatic rings. The molecule has 1 unspecified atom stereocenters. The number of hydrogen-bond acceptors (Lipinski definition) is 3. The number of amides is 1. The quantitative estimate of drug-likeness (QED) is 0.597. The fourth-order valence-electron chi connectivity index (χ4n) is 3.58. The fourth-order valence-corrected chi connectivity index (χ4v) is 5.18. The van der Waals surface area contributed by atoms with Gasteiger partial charge in [0.25, 0.3) is 5.91 Å². The van der Waals surface area contributed by atoms with Crippen LogP contribution in [-0.4, -0.2) is 39.4 Å². The van der Waals surface area contributed by atoms with E-state index in [4.69, 9.17) is 11.6 Å². The normalized spacial score (nSPS) is 17.4. The van der Waals surface area contributed by atoms with Crippen LogP contribution in [0.2, 0.25) is 5.02 Å². The Morgan fingerprint density at radius 1 is 1.11 bits per heavy atom. The molecule has 0 saturated carbocycles. The van der Waals surface area contributed by atoms with Crippen LogP contribution in [0.5, 0.6) is 0 Å². The maximum atomic E-state index is 13.2. The summed E-state index contributed by atoms with van der Waals surface area (Å²) in [6.45, 7) is 3.41. The van der Waals surface area contributed by atoms with Gasteiger partial charge in [0.15, 0.2) is 0 Å². The Labute approximate surface area is 174 Å². The number of para-hydroxylation sites is 1. The highest BCUT2D eigenvalue weighted by atomic mass is 35.5. The molecule has 0 aliphatic carbocycles. The number of nitrogens with zero attached hydrogens (tertiary/aromatic N) is 3. The van der Waals surface area contributed by atoms with Crippen molar-refractivity contribution < 1.29 is 4.79 Å². The van der Waals surface area contributed by atoms with Gasteiger partial charge in [-0.3, -0.25) is 4.79 Å². The van der Waals surface area contributed by atoms with Crippen LogP contribution in [0, 0.1) is 6.92 Å². The third kappa shape index (κ3) is 3.82. The Morgan fingerprint density at radius 2 is 1.86 bits per heavy atom. The lowest BCUT2D eigenvalue weighted by molar-refractivity contribution is 0.0766. The van der Waals surface area contributed by atoms with Gasteiger partial charge in [0.1, 0.15) is 0 Å². The third-order valence-corrected chi connectivity index (χ3v) is 6.78. The first-order valence-corrected chi connectivity index (χ1v) is 10.8. The van der Waals surface area contributed by atoms with Gasteiger partial charge in [-0.1, -0.05) is 48.0 Å². The van der Waals surface area contributed by atoms with Gasteiger partial charge in [-0.05, 0) is 37.1 Å². The van der Waals surface area contributed by atoms with Gasteiger partial charge in [-0.2, -0.15) is 16.9 Å². The van der Waals surface area contributed by atoms with Crippen molar-refractivity contribution in [2.24, 2.45) is 0 Å². The fraction of sp³-hybridized carbons (Fsp3) is 0.273. The van der Waals surface area contributed by atoms with Gasteiger partial charge >= 0.3 is 0 Å². The molecule has 1 fully saturated rings. The Bertz CT molecular complexity index is 973. The van der Waals surface area contributed by atoms with E-state index in [1.165, 1.54) is 0 Å². The first kappa shape index (κ1) is 19.1. The van der Waals surface area contributed by atoms with E-state index in [2.05, 4.69) is 11.2 Å². The molecule has 0 radical (unpaired) electrons. The van der Waals surface area contributed by atoms with Crippen LogP contribution < -0.4 is 0 Å². The van der Waals surface area contributed by atoms with Crippen molar-refractivity contribution in [3.63, 3.8) is 0 Å². The molecule has 1 aliphatic heterocycles. The molecule has 4 rings (SSSR count). The summed E-state index contributed by atoms with van der Waals surface area (Å²) >= 11 is 8.26. The van der Waals surface area contributed by atoms with E-state index >= 15 is 0 Å². The van der Waals surface area contributed by atoms with E-state index in [0.29, 0.717) is 10.8 Å². The van der Waals surface area contributed by atoms with Crippen LogP contribution in [0.3, 0.4) is 0 Å². The van der Waals surface area contributed by atoms with E-state index < -0.39 is 0 Å². The predicted octanol–water partition coefficient (Wildman–Crippen LogP) is 5.15. The van der Waals surface area contributed by atoms with Crippen LogP contribution in [0.1, 0.15) is 33.3 Å². The van der Waals surface area contributed by atoms with Crippen molar-refractivity contribution in [3.8, 4) is 5.69 Å². The molecule has 2 aromatic carbocycles. The molecule has 144 valence electrons. The number of carbonyl (C=O) groups excluding carboxylic acids is 1. The number of rotatable bonds is 3. The highest BCUT2D eigenvalue weighted by Gasteiger charge is 2.26. The lowest BCUT2D eigenvalue weighted by atomic mass is 10.1. The van der Waals surface area contributed by atoms with Crippen molar-refractivity contribution in [1.29, 1.82) is 0 Å². The highest BCUT2D eigenvalue weighted by molar-refractivity contribution is 7.99. The third-order valence-electron chi connectivity index (χ3n) is 5.12. The van der Waals surface area contributed by atoms with Gasteiger partial charge in [0.2, 0.25) is 0 Å². The van der Waals surface area contributed by atoms with Gasteiger partial charge in [-0.15, -0.1) is 0 Å².